The van der Waals surface area contributed by atoms with Gasteiger partial charge in [-0.3, -0.25) is 0 Å². The number of hydrogen-bond donors (Lipinski definition) is 0. The molecule has 3 nitrogen and oxygen atoms in total. The van der Waals surface area contributed by atoms with Crippen molar-refractivity contribution < 1.29 is 22.3 Å². The van der Waals surface area contributed by atoms with E-state index in [2.05, 4.69) is 50.9 Å². The SMILES string of the molecule is C[N](C)[Hf]([N](C)C)[N](C)C.[CH]1C=CC=C1. The van der Waals surface area contributed by atoms with E-state index in [4.69, 9.17) is 0 Å². The molecule has 0 atom stereocenters. The van der Waals surface area contributed by atoms with Gasteiger partial charge in [0.2, 0.25) is 0 Å². The fourth-order valence-electron chi connectivity index (χ4n) is 1.52. The van der Waals surface area contributed by atoms with E-state index in [1.165, 1.54) is 0 Å². The van der Waals surface area contributed by atoms with E-state index in [0.29, 0.717) is 0 Å². The molecule has 0 saturated heterocycles. The van der Waals surface area contributed by atoms with Crippen LogP contribution >= 0.6 is 0 Å². The van der Waals surface area contributed by atoms with Gasteiger partial charge in [-0.05, 0) is 0 Å². The Morgan fingerprint density at radius 3 is 1.00 bits per heavy atom. The van der Waals surface area contributed by atoms with Gasteiger partial charge in [0.05, 0.1) is 0 Å². The van der Waals surface area contributed by atoms with Crippen molar-refractivity contribution in [2.45, 2.75) is 0 Å². The maximum absolute atomic E-state index is 2.38. The first-order valence-electron chi connectivity index (χ1n) is 5.02. The van der Waals surface area contributed by atoms with Crippen LogP contribution in [0.1, 0.15) is 0 Å². The van der Waals surface area contributed by atoms with Crippen molar-refractivity contribution in [2.24, 2.45) is 0 Å². The summed E-state index contributed by atoms with van der Waals surface area (Å²) in [5, 5.41) is 0. The third kappa shape index (κ3) is 7.17. The second kappa shape index (κ2) is 8.39. The van der Waals surface area contributed by atoms with Crippen LogP contribution in [0.4, 0.5) is 0 Å². The summed E-state index contributed by atoms with van der Waals surface area (Å²) >= 11 is -1.67. The molecule has 0 bridgehead atoms. The van der Waals surface area contributed by atoms with Crippen molar-refractivity contribution in [2.75, 3.05) is 42.3 Å². The largest absolute Gasteiger partial charge is 0.0767 e. The Kier molecular flexibility index (Phi) is 8.52. The average molecular weight is 376 g/mol. The van der Waals surface area contributed by atoms with Crippen LogP contribution in [0, 0.1) is 6.42 Å². The molecule has 1 aliphatic carbocycles. The standard InChI is InChI=1S/C5H5.3C2H6N.Hf/c1-2-4-5-3-1;3*1-3-2;/h1-5H;3*1-2H3;/q;3*-1;+3. The minimum absolute atomic E-state index is 1.67. The molecular formula is C11H23HfN3. The van der Waals surface area contributed by atoms with Gasteiger partial charge >= 0.3 is 73.2 Å². The first-order chi connectivity index (χ1) is 6.96. The zero-order valence-electron chi connectivity index (χ0n) is 10.7. The van der Waals surface area contributed by atoms with Crippen molar-refractivity contribution in [1.29, 1.82) is 0 Å². The Morgan fingerprint density at radius 1 is 0.600 bits per heavy atom. The summed E-state index contributed by atoms with van der Waals surface area (Å²) in [4.78, 5) is 0. The second-order valence-corrected chi connectivity index (χ2v) is 15.7. The number of rotatable bonds is 3. The van der Waals surface area contributed by atoms with Gasteiger partial charge in [0, 0.05) is 6.42 Å². The first-order valence-corrected chi connectivity index (χ1v) is 9.84. The van der Waals surface area contributed by atoms with E-state index < -0.39 is 22.3 Å². The van der Waals surface area contributed by atoms with Crippen LogP contribution in [0.5, 0.6) is 0 Å². The molecule has 86 valence electrons. The van der Waals surface area contributed by atoms with E-state index >= 15 is 0 Å². The van der Waals surface area contributed by atoms with Gasteiger partial charge in [-0.25, -0.2) is 0 Å². The van der Waals surface area contributed by atoms with Crippen LogP contribution in [0.25, 0.3) is 0 Å². The first kappa shape index (κ1) is 15.2. The Hall–Kier alpha value is 0.230. The summed E-state index contributed by atoms with van der Waals surface area (Å²) in [6, 6.07) is 0. The predicted molar refractivity (Wildman–Crippen MR) is 63.6 cm³/mol. The average Bonchev–Trinajstić information content (AvgIpc) is 2.56. The maximum Gasteiger partial charge on any atom is 0.00506 e. The molecule has 1 rings (SSSR count). The third-order valence-electron chi connectivity index (χ3n) is 1.76. The molecule has 0 aliphatic heterocycles. The Morgan fingerprint density at radius 2 is 0.933 bits per heavy atom. The summed E-state index contributed by atoms with van der Waals surface area (Å²) in [6.45, 7) is 0. The molecule has 0 fully saturated rings. The second-order valence-electron chi connectivity index (χ2n) is 3.95. The molecule has 0 aromatic carbocycles. The number of allylic oxidation sites excluding steroid dienone is 4. The minimum atomic E-state index is -1.67. The summed E-state index contributed by atoms with van der Waals surface area (Å²) in [7, 11) is 13.0. The van der Waals surface area contributed by atoms with Gasteiger partial charge in [0.25, 0.3) is 0 Å². The molecule has 4 heteroatoms. The molecule has 0 N–H and O–H groups in total. The summed E-state index contributed by atoms with van der Waals surface area (Å²) in [5.41, 5.74) is 0. The summed E-state index contributed by atoms with van der Waals surface area (Å²) in [5.74, 6) is 0. The van der Waals surface area contributed by atoms with E-state index in [1.54, 1.807) is 0 Å². The molecule has 0 amide bonds. The van der Waals surface area contributed by atoms with Gasteiger partial charge in [-0.1, -0.05) is 24.3 Å². The van der Waals surface area contributed by atoms with Crippen LogP contribution in [-0.4, -0.2) is 50.9 Å². The topological polar surface area (TPSA) is 9.72 Å². The van der Waals surface area contributed by atoms with E-state index in [0.717, 1.165) is 0 Å². The van der Waals surface area contributed by atoms with Crippen LogP contribution in [0.2, 0.25) is 0 Å². The Balaban J connectivity index is 0.000000322. The molecule has 0 spiro atoms. The van der Waals surface area contributed by atoms with Crippen LogP contribution in [0.15, 0.2) is 24.3 Å². The van der Waals surface area contributed by atoms with Gasteiger partial charge in [-0.15, -0.1) is 0 Å². The van der Waals surface area contributed by atoms with Gasteiger partial charge in [0.15, 0.2) is 0 Å². The Bertz CT molecular complexity index is 181. The molecule has 0 heterocycles. The molecule has 0 unspecified atom stereocenters. The molecule has 0 aromatic rings. The monoisotopic (exact) mass is 377 g/mol. The van der Waals surface area contributed by atoms with Crippen LogP contribution in [0.3, 0.4) is 0 Å². The summed E-state index contributed by atoms with van der Waals surface area (Å²) < 4.78 is 7.14. The van der Waals surface area contributed by atoms with Gasteiger partial charge < -0.3 is 0 Å². The Labute approximate surface area is 104 Å². The van der Waals surface area contributed by atoms with Crippen molar-refractivity contribution in [3.63, 3.8) is 0 Å². The quantitative estimate of drug-likeness (QED) is 0.690. The number of nitrogens with zero attached hydrogens (tertiary/aromatic N) is 3. The van der Waals surface area contributed by atoms with Crippen LogP contribution < -0.4 is 0 Å². The van der Waals surface area contributed by atoms with E-state index in [9.17, 15) is 0 Å². The minimum Gasteiger partial charge on any atom is -0.0767 e. The smallest absolute Gasteiger partial charge is 0.00506 e. The third-order valence-corrected chi connectivity index (χ3v) is 10.4. The van der Waals surface area contributed by atoms with E-state index in [-0.39, 0.29) is 0 Å². The van der Waals surface area contributed by atoms with Crippen molar-refractivity contribution in [3.8, 4) is 0 Å². The molecule has 1 radical (unpaired) electrons. The summed E-state index contributed by atoms with van der Waals surface area (Å²) in [6.07, 6.45) is 10.0. The van der Waals surface area contributed by atoms with Crippen molar-refractivity contribution in [3.05, 3.63) is 30.7 Å². The zero-order chi connectivity index (χ0) is 11.8. The predicted octanol–water partition coefficient (Wildman–Crippen LogP) is 1.35. The van der Waals surface area contributed by atoms with Crippen molar-refractivity contribution >= 4 is 0 Å². The normalized spacial score (nSPS) is 13.7. The van der Waals surface area contributed by atoms with Crippen LogP contribution in [-0.2, 0) is 22.3 Å². The molecular weight excluding hydrogens is 353 g/mol. The molecule has 1 aliphatic rings. The fraction of sp³-hybridized carbons (Fsp3) is 0.545. The van der Waals surface area contributed by atoms with Crippen molar-refractivity contribution in [1.82, 2.24) is 8.66 Å². The number of hydrogen-bond acceptors (Lipinski definition) is 3. The molecule has 0 saturated carbocycles. The molecule has 15 heavy (non-hydrogen) atoms. The molecule has 0 aromatic heterocycles. The van der Waals surface area contributed by atoms with Gasteiger partial charge in [0.1, 0.15) is 0 Å². The van der Waals surface area contributed by atoms with E-state index in [1.807, 2.05) is 30.7 Å². The zero-order valence-corrected chi connectivity index (χ0v) is 14.3. The fourth-order valence-corrected chi connectivity index (χ4v) is 10.1. The maximum atomic E-state index is 2.38. The van der Waals surface area contributed by atoms with Gasteiger partial charge in [-0.2, -0.15) is 0 Å².